The SMILES string of the molecule is COC(=O)c1ccc(CC(C=O)C2OC(=O)c3ccccc32)cc1. The van der Waals surface area contributed by atoms with Gasteiger partial charge in [0.2, 0.25) is 0 Å². The molecular formula is C19H16O5. The van der Waals surface area contributed by atoms with E-state index in [0.29, 0.717) is 17.5 Å². The predicted octanol–water partition coefficient (Wildman–Crippen LogP) is 2.74. The van der Waals surface area contributed by atoms with Gasteiger partial charge in [0.15, 0.2) is 0 Å². The van der Waals surface area contributed by atoms with Crippen LogP contribution in [0.2, 0.25) is 0 Å². The third-order valence-corrected chi connectivity index (χ3v) is 4.13. The van der Waals surface area contributed by atoms with E-state index in [4.69, 9.17) is 4.74 Å². The molecule has 0 amide bonds. The number of fused-ring (bicyclic) bond motifs is 1. The van der Waals surface area contributed by atoms with Crippen LogP contribution in [0.1, 0.15) is 37.9 Å². The normalized spacial score (nSPS) is 16.9. The van der Waals surface area contributed by atoms with Crippen LogP contribution in [0.15, 0.2) is 48.5 Å². The van der Waals surface area contributed by atoms with Crippen LogP contribution in [0.25, 0.3) is 0 Å². The standard InChI is InChI=1S/C19H16O5/c1-23-18(21)13-8-6-12(7-9-13)10-14(11-20)17-15-4-2-3-5-16(15)19(22)24-17/h2-9,11,14,17H,10H2,1H3. The van der Waals surface area contributed by atoms with Crippen LogP contribution in [0, 0.1) is 5.92 Å². The Morgan fingerprint density at radius 2 is 1.92 bits per heavy atom. The minimum Gasteiger partial charge on any atom is -0.465 e. The number of carbonyl (C=O) groups is 3. The summed E-state index contributed by atoms with van der Waals surface area (Å²) in [6.07, 6.45) is 0.650. The number of cyclic esters (lactones) is 1. The van der Waals surface area contributed by atoms with Crippen molar-refractivity contribution in [2.45, 2.75) is 12.5 Å². The highest BCUT2D eigenvalue weighted by Crippen LogP contribution is 2.36. The van der Waals surface area contributed by atoms with Crippen molar-refractivity contribution in [2.75, 3.05) is 7.11 Å². The summed E-state index contributed by atoms with van der Waals surface area (Å²) in [5, 5.41) is 0. The van der Waals surface area contributed by atoms with E-state index in [1.54, 1.807) is 36.4 Å². The number of esters is 2. The third kappa shape index (κ3) is 2.93. The van der Waals surface area contributed by atoms with Gasteiger partial charge in [0.05, 0.1) is 24.2 Å². The first-order chi connectivity index (χ1) is 11.6. The highest BCUT2D eigenvalue weighted by molar-refractivity contribution is 5.94. The molecule has 5 nitrogen and oxygen atoms in total. The molecule has 0 saturated heterocycles. The van der Waals surface area contributed by atoms with Gasteiger partial charge in [0.1, 0.15) is 12.4 Å². The third-order valence-electron chi connectivity index (χ3n) is 4.13. The molecule has 0 saturated carbocycles. The molecule has 3 rings (SSSR count). The lowest BCUT2D eigenvalue weighted by atomic mass is 9.90. The average Bonchev–Trinajstić information content (AvgIpc) is 2.96. The molecule has 122 valence electrons. The van der Waals surface area contributed by atoms with Gasteiger partial charge in [-0.15, -0.1) is 0 Å². The minimum absolute atomic E-state index is 0.400. The molecule has 0 aromatic heterocycles. The lowest BCUT2D eigenvalue weighted by Crippen LogP contribution is -2.17. The molecule has 0 radical (unpaired) electrons. The monoisotopic (exact) mass is 324 g/mol. The summed E-state index contributed by atoms with van der Waals surface area (Å²) in [4.78, 5) is 34.9. The fourth-order valence-electron chi connectivity index (χ4n) is 2.88. The van der Waals surface area contributed by atoms with E-state index in [1.807, 2.05) is 12.1 Å². The van der Waals surface area contributed by atoms with Crippen LogP contribution in [-0.4, -0.2) is 25.3 Å². The van der Waals surface area contributed by atoms with Crippen LogP contribution in [-0.2, 0) is 20.7 Å². The molecule has 2 aromatic carbocycles. The Morgan fingerprint density at radius 3 is 2.58 bits per heavy atom. The molecule has 2 aromatic rings. The number of carbonyl (C=O) groups excluding carboxylic acids is 3. The fraction of sp³-hybridized carbons (Fsp3) is 0.211. The van der Waals surface area contributed by atoms with E-state index in [9.17, 15) is 14.4 Å². The van der Waals surface area contributed by atoms with Gasteiger partial charge in [-0.1, -0.05) is 30.3 Å². The quantitative estimate of drug-likeness (QED) is 0.625. The van der Waals surface area contributed by atoms with Crippen molar-refractivity contribution in [2.24, 2.45) is 5.92 Å². The van der Waals surface area contributed by atoms with Gasteiger partial charge in [-0.2, -0.15) is 0 Å². The Balaban J connectivity index is 1.80. The maximum atomic E-state index is 11.9. The number of benzene rings is 2. The molecule has 2 atom stereocenters. The van der Waals surface area contributed by atoms with Gasteiger partial charge in [0, 0.05) is 5.56 Å². The number of methoxy groups -OCH3 is 1. The molecule has 0 fully saturated rings. The molecule has 5 heteroatoms. The first-order valence-electron chi connectivity index (χ1n) is 7.56. The molecule has 1 aliphatic heterocycles. The molecule has 0 spiro atoms. The molecule has 0 N–H and O–H groups in total. The zero-order valence-electron chi connectivity index (χ0n) is 13.1. The average molecular weight is 324 g/mol. The highest BCUT2D eigenvalue weighted by atomic mass is 16.5. The molecule has 2 unspecified atom stereocenters. The second-order valence-electron chi connectivity index (χ2n) is 5.61. The second kappa shape index (κ2) is 6.66. The second-order valence-corrected chi connectivity index (χ2v) is 5.61. The summed E-state index contributed by atoms with van der Waals surface area (Å²) < 4.78 is 10.1. The van der Waals surface area contributed by atoms with E-state index in [0.717, 1.165) is 17.4 Å². The predicted molar refractivity (Wildman–Crippen MR) is 85.6 cm³/mol. The molecule has 0 aliphatic carbocycles. The number of rotatable bonds is 5. The van der Waals surface area contributed by atoms with Gasteiger partial charge in [-0.05, 0) is 30.2 Å². The van der Waals surface area contributed by atoms with Crippen molar-refractivity contribution in [1.82, 2.24) is 0 Å². The summed E-state index contributed by atoms with van der Waals surface area (Å²) >= 11 is 0. The van der Waals surface area contributed by atoms with Crippen LogP contribution in [0.3, 0.4) is 0 Å². The van der Waals surface area contributed by atoms with Gasteiger partial charge < -0.3 is 14.3 Å². The Labute approximate surface area is 139 Å². The summed E-state index contributed by atoms with van der Waals surface area (Å²) in [5.74, 6) is -1.29. The van der Waals surface area contributed by atoms with Gasteiger partial charge in [-0.25, -0.2) is 9.59 Å². The molecule has 0 bridgehead atoms. The summed E-state index contributed by atoms with van der Waals surface area (Å²) in [5.41, 5.74) is 2.57. The van der Waals surface area contributed by atoms with Crippen molar-refractivity contribution >= 4 is 18.2 Å². The summed E-state index contributed by atoms with van der Waals surface area (Å²) in [6.45, 7) is 0. The van der Waals surface area contributed by atoms with Crippen LogP contribution < -0.4 is 0 Å². The molecular weight excluding hydrogens is 308 g/mol. The van der Waals surface area contributed by atoms with Crippen molar-refractivity contribution < 1.29 is 23.9 Å². The smallest absolute Gasteiger partial charge is 0.339 e. The summed E-state index contributed by atoms with van der Waals surface area (Å²) in [6, 6.07) is 13.9. The lowest BCUT2D eigenvalue weighted by molar-refractivity contribution is -0.114. The van der Waals surface area contributed by atoms with Gasteiger partial charge in [-0.3, -0.25) is 0 Å². The van der Waals surface area contributed by atoms with Gasteiger partial charge in [0.25, 0.3) is 0 Å². The van der Waals surface area contributed by atoms with E-state index in [2.05, 4.69) is 4.74 Å². The van der Waals surface area contributed by atoms with Crippen molar-refractivity contribution in [1.29, 1.82) is 0 Å². The lowest BCUT2D eigenvalue weighted by Gasteiger charge is -2.18. The molecule has 1 aliphatic rings. The number of ether oxygens (including phenoxy) is 2. The maximum absolute atomic E-state index is 11.9. The Morgan fingerprint density at radius 1 is 1.21 bits per heavy atom. The Kier molecular flexibility index (Phi) is 4.42. The van der Waals surface area contributed by atoms with E-state index < -0.39 is 24.0 Å². The first-order valence-corrected chi connectivity index (χ1v) is 7.56. The number of hydrogen-bond acceptors (Lipinski definition) is 5. The van der Waals surface area contributed by atoms with Crippen LogP contribution in [0.5, 0.6) is 0 Å². The van der Waals surface area contributed by atoms with Crippen molar-refractivity contribution in [3.8, 4) is 0 Å². The topological polar surface area (TPSA) is 69.7 Å². The van der Waals surface area contributed by atoms with Gasteiger partial charge >= 0.3 is 11.9 Å². The largest absolute Gasteiger partial charge is 0.465 e. The van der Waals surface area contributed by atoms with Crippen molar-refractivity contribution in [3.05, 3.63) is 70.8 Å². The Hall–Kier alpha value is -2.95. The fourth-order valence-corrected chi connectivity index (χ4v) is 2.88. The minimum atomic E-state index is -0.577. The van der Waals surface area contributed by atoms with Crippen molar-refractivity contribution in [3.63, 3.8) is 0 Å². The van der Waals surface area contributed by atoms with Crippen LogP contribution >= 0.6 is 0 Å². The molecule has 1 heterocycles. The van der Waals surface area contributed by atoms with E-state index >= 15 is 0 Å². The summed E-state index contributed by atoms with van der Waals surface area (Å²) in [7, 11) is 1.32. The number of aldehydes is 1. The highest BCUT2D eigenvalue weighted by Gasteiger charge is 2.36. The zero-order chi connectivity index (χ0) is 17.1. The van der Waals surface area contributed by atoms with E-state index in [-0.39, 0.29) is 0 Å². The molecule has 24 heavy (non-hydrogen) atoms. The van der Waals surface area contributed by atoms with Crippen LogP contribution in [0.4, 0.5) is 0 Å². The van der Waals surface area contributed by atoms with E-state index in [1.165, 1.54) is 7.11 Å². The Bertz CT molecular complexity index is 779. The number of hydrogen-bond donors (Lipinski definition) is 0. The maximum Gasteiger partial charge on any atom is 0.339 e. The zero-order valence-corrected chi connectivity index (χ0v) is 13.1. The first kappa shape index (κ1) is 15.9.